The number of piperidine rings is 1. The fourth-order valence-corrected chi connectivity index (χ4v) is 3.19. The summed E-state index contributed by atoms with van der Waals surface area (Å²) in [5.74, 6) is 2.53. The van der Waals surface area contributed by atoms with Crippen molar-refractivity contribution in [2.75, 3.05) is 33.3 Å². The van der Waals surface area contributed by atoms with Gasteiger partial charge in [-0.1, -0.05) is 12.6 Å². The van der Waals surface area contributed by atoms with Crippen molar-refractivity contribution >= 4 is 5.84 Å². The molecule has 0 saturated carbocycles. The fraction of sp³-hybridized carbons (Fsp3) is 0.471. The zero-order valence-corrected chi connectivity index (χ0v) is 12.6. The second-order valence-corrected chi connectivity index (χ2v) is 5.55. The number of aliphatic imine (C=N–C) groups is 1. The van der Waals surface area contributed by atoms with Gasteiger partial charge < -0.3 is 15.0 Å². The summed E-state index contributed by atoms with van der Waals surface area (Å²) < 4.78 is 5.96. The predicted molar refractivity (Wildman–Crippen MR) is 86.1 cm³/mol. The van der Waals surface area contributed by atoms with Crippen molar-refractivity contribution in [3.8, 4) is 5.75 Å². The second kappa shape index (κ2) is 6.31. The number of hydrogen-bond acceptors (Lipinski definition) is 3. The van der Waals surface area contributed by atoms with Gasteiger partial charge in [-0.25, -0.2) is 0 Å². The van der Waals surface area contributed by atoms with Crippen LogP contribution in [0.4, 0.5) is 0 Å². The maximum absolute atomic E-state index is 5.96. The van der Waals surface area contributed by atoms with E-state index in [0.29, 0.717) is 12.5 Å². The Balaban J connectivity index is 1.94. The molecule has 21 heavy (non-hydrogen) atoms. The summed E-state index contributed by atoms with van der Waals surface area (Å²) in [6.45, 7) is 7.53. The van der Waals surface area contributed by atoms with Crippen LogP contribution in [0.15, 0.2) is 36.0 Å². The van der Waals surface area contributed by atoms with Crippen molar-refractivity contribution in [1.29, 1.82) is 0 Å². The molecule has 4 heteroatoms. The smallest absolute Gasteiger partial charge is 0.138 e. The van der Waals surface area contributed by atoms with Crippen LogP contribution < -0.4 is 10.1 Å². The molecule has 1 aromatic carbocycles. The summed E-state index contributed by atoms with van der Waals surface area (Å²) in [5, 5.41) is 3.42. The van der Waals surface area contributed by atoms with E-state index in [-0.39, 0.29) is 0 Å². The topological polar surface area (TPSA) is 36.9 Å². The molecular weight excluding hydrogens is 262 g/mol. The average molecular weight is 285 g/mol. The minimum atomic E-state index is 0.640. The predicted octanol–water partition coefficient (Wildman–Crippen LogP) is 2.37. The van der Waals surface area contributed by atoms with Crippen molar-refractivity contribution in [2.45, 2.75) is 18.8 Å². The van der Waals surface area contributed by atoms with Crippen LogP contribution in [0.3, 0.4) is 0 Å². The highest BCUT2D eigenvalue weighted by molar-refractivity contribution is 6.02. The van der Waals surface area contributed by atoms with Crippen LogP contribution in [0.25, 0.3) is 0 Å². The molecule has 0 aromatic heterocycles. The minimum Gasteiger partial charge on any atom is -0.491 e. The summed E-state index contributed by atoms with van der Waals surface area (Å²) in [4.78, 5) is 6.48. The summed E-state index contributed by atoms with van der Waals surface area (Å²) in [7, 11) is 1.82. The van der Waals surface area contributed by atoms with Crippen LogP contribution in [0.5, 0.6) is 5.75 Å². The van der Waals surface area contributed by atoms with Crippen molar-refractivity contribution in [3.05, 3.63) is 42.1 Å². The molecule has 0 atom stereocenters. The lowest BCUT2D eigenvalue weighted by atomic mass is 9.89. The Morgan fingerprint density at radius 1 is 1.38 bits per heavy atom. The van der Waals surface area contributed by atoms with E-state index in [1.165, 1.54) is 18.4 Å². The van der Waals surface area contributed by atoms with Gasteiger partial charge in [0.05, 0.1) is 12.1 Å². The quantitative estimate of drug-likeness (QED) is 0.906. The lowest BCUT2D eigenvalue weighted by molar-refractivity contribution is 0.301. The van der Waals surface area contributed by atoms with Crippen molar-refractivity contribution < 1.29 is 4.74 Å². The van der Waals surface area contributed by atoms with Gasteiger partial charge in [-0.05, 0) is 55.7 Å². The molecule has 112 valence electrons. The molecule has 1 N–H and O–H groups in total. The largest absolute Gasteiger partial charge is 0.491 e. The van der Waals surface area contributed by atoms with E-state index in [1.54, 1.807) is 0 Å². The monoisotopic (exact) mass is 285 g/mol. The Morgan fingerprint density at radius 2 is 2.19 bits per heavy atom. The lowest BCUT2D eigenvalue weighted by Crippen LogP contribution is -2.27. The number of hydrogen-bond donors (Lipinski definition) is 1. The summed E-state index contributed by atoms with van der Waals surface area (Å²) >= 11 is 0. The molecule has 0 aliphatic carbocycles. The molecular formula is C17H23N3O. The standard InChI is InChI=1S/C17H23N3O/c1-3-20-10-11-21-16-12-14(13-6-8-19-9-7-13)4-5-15(16)17(20)18-2/h3-5,12-13,19H,1,6-11H2,2H3. The first-order chi connectivity index (χ1) is 10.3. The Hall–Kier alpha value is -1.81. The lowest BCUT2D eigenvalue weighted by Gasteiger charge is -2.24. The molecule has 0 radical (unpaired) electrons. The third-order valence-electron chi connectivity index (χ3n) is 4.35. The number of benzene rings is 1. The van der Waals surface area contributed by atoms with Gasteiger partial charge in [-0.3, -0.25) is 4.99 Å². The normalized spacial score (nSPS) is 21.6. The first-order valence-electron chi connectivity index (χ1n) is 7.67. The maximum Gasteiger partial charge on any atom is 0.138 e. The van der Waals surface area contributed by atoms with Gasteiger partial charge in [-0.15, -0.1) is 0 Å². The molecule has 2 aliphatic rings. The molecule has 0 amide bonds. The molecule has 0 spiro atoms. The molecule has 2 aliphatic heterocycles. The Bertz CT molecular complexity index is 547. The molecule has 0 bridgehead atoms. The molecule has 2 heterocycles. The first kappa shape index (κ1) is 14.1. The molecule has 0 unspecified atom stereocenters. The first-order valence-corrected chi connectivity index (χ1v) is 7.67. The molecule has 1 aromatic rings. The zero-order valence-electron chi connectivity index (χ0n) is 12.6. The van der Waals surface area contributed by atoms with E-state index in [0.717, 1.165) is 36.8 Å². The maximum atomic E-state index is 5.96. The van der Waals surface area contributed by atoms with Crippen LogP contribution in [-0.4, -0.2) is 44.0 Å². The van der Waals surface area contributed by atoms with Gasteiger partial charge in [0, 0.05) is 7.05 Å². The van der Waals surface area contributed by atoms with Gasteiger partial charge in [0.1, 0.15) is 18.2 Å². The number of rotatable bonds is 2. The van der Waals surface area contributed by atoms with E-state index in [2.05, 4.69) is 40.0 Å². The van der Waals surface area contributed by atoms with Crippen molar-refractivity contribution in [3.63, 3.8) is 0 Å². The summed E-state index contributed by atoms with van der Waals surface area (Å²) in [6.07, 6.45) is 4.22. The molecule has 4 nitrogen and oxygen atoms in total. The summed E-state index contributed by atoms with van der Waals surface area (Å²) in [6, 6.07) is 6.59. The number of fused-ring (bicyclic) bond motifs is 1. The van der Waals surface area contributed by atoms with E-state index < -0.39 is 0 Å². The number of nitrogens with zero attached hydrogens (tertiary/aromatic N) is 2. The fourth-order valence-electron chi connectivity index (χ4n) is 3.19. The number of ether oxygens (including phenoxy) is 1. The number of nitrogens with one attached hydrogen (secondary N) is 1. The van der Waals surface area contributed by atoms with Crippen LogP contribution >= 0.6 is 0 Å². The average Bonchev–Trinajstić information content (AvgIpc) is 2.73. The molecule has 1 fully saturated rings. The van der Waals surface area contributed by atoms with Gasteiger partial charge in [-0.2, -0.15) is 0 Å². The van der Waals surface area contributed by atoms with Crippen LogP contribution in [0.2, 0.25) is 0 Å². The highest BCUT2D eigenvalue weighted by Gasteiger charge is 2.22. The van der Waals surface area contributed by atoms with Gasteiger partial charge in [0.15, 0.2) is 0 Å². The third kappa shape index (κ3) is 2.81. The van der Waals surface area contributed by atoms with E-state index in [1.807, 2.05) is 13.2 Å². The Morgan fingerprint density at radius 3 is 2.90 bits per heavy atom. The Labute approximate surface area is 126 Å². The van der Waals surface area contributed by atoms with Crippen LogP contribution in [0, 0.1) is 0 Å². The number of amidine groups is 1. The SMILES string of the molecule is C=CN1CCOc2cc(C3CCNCC3)ccc2C1=NC. The second-order valence-electron chi connectivity index (χ2n) is 5.55. The van der Waals surface area contributed by atoms with E-state index >= 15 is 0 Å². The Kier molecular flexibility index (Phi) is 4.25. The zero-order chi connectivity index (χ0) is 14.7. The van der Waals surface area contributed by atoms with Crippen molar-refractivity contribution in [1.82, 2.24) is 10.2 Å². The molecule has 1 saturated heterocycles. The van der Waals surface area contributed by atoms with Gasteiger partial charge in [0.2, 0.25) is 0 Å². The highest BCUT2D eigenvalue weighted by Crippen LogP contribution is 2.31. The van der Waals surface area contributed by atoms with E-state index in [9.17, 15) is 0 Å². The van der Waals surface area contributed by atoms with Gasteiger partial charge >= 0.3 is 0 Å². The summed E-state index contributed by atoms with van der Waals surface area (Å²) in [5.41, 5.74) is 2.45. The molecule has 3 rings (SSSR count). The van der Waals surface area contributed by atoms with Crippen molar-refractivity contribution in [2.24, 2.45) is 4.99 Å². The third-order valence-corrected chi connectivity index (χ3v) is 4.35. The van der Waals surface area contributed by atoms with Crippen LogP contribution in [0.1, 0.15) is 29.9 Å². The van der Waals surface area contributed by atoms with Gasteiger partial charge in [0.25, 0.3) is 0 Å². The highest BCUT2D eigenvalue weighted by atomic mass is 16.5. The minimum absolute atomic E-state index is 0.640. The van der Waals surface area contributed by atoms with Crippen LogP contribution in [-0.2, 0) is 0 Å². The van der Waals surface area contributed by atoms with E-state index in [4.69, 9.17) is 4.74 Å².